The van der Waals surface area contributed by atoms with E-state index in [-0.39, 0.29) is 29.0 Å². The summed E-state index contributed by atoms with van der Waals surface area (Å²) in [6.07, 6.45) is 9.79. The van der Waals surface area contributed by atoms with Gasteiger partial charge in [-0.15, -0.1) is 0 Å². The van der Waals surface area contributed by atoms with Crippen molar-refractivity contribution in [1.29, 1.82) is 0 Å². The summed E-state index contributed by atoms with van der Waals surface area (Å²) in [5, 5.41) is 0. The molecule has 0 N–H and O–H groups in total. The zero-order valence-electron chi connectivity index (χ0n) is 22.8. The maximum Gasteiger partial charge on any atom is 0.196 e. The van der Waals surface area contributed by atoms with Crippen molar-refractivity contribution in [2.75, 3.05) is 11.4 Å². The molecule has 0 aliphatic rings. The average Bonchev–Trinajstić information content (AvgIpc) is 2.74. The van der Waals surface area contributed by atoms with E-state index in [0.29, 0.717) is 12.1 Å². The van der Waals surface area contributed by atoms with Crippen molar-refractivity contribution in [2.24, 2.45) is 21.7 Å². The summed E-state index contributed by atoms with van der Waals surface area (Å²) in [5.41, 5.74) is 2.39. The quantitative estimate of drug-likeness (QED) is 0.172. The third kappa shape index (κ3) is 9.91. The van der Waals surface area contributed by atoms with E-state index in [4.69, 9.17) is 0 Å². The summed E-state index contributed by atoms with van der Waals surface area (Å²) in [5.74, 6) is -3.91. The lowest BCUT2D eigenvalue weighted by molar-refractivity contribution is 0.243. The van der Waals surface area contributed by atoms with Crippen molar-refractivity contribution in [1.82, 2.24) is 0 Å². The molecule has 2 nitrogen and oxygen atoms in total. The Balaban J connectivity index is 3.75. The van der Waals surface area contributed by atoms with Crippen LogP contribution in [0.15, 0.2) is 65.0 Å². The largest absolute Gasteiger partial charge is 0.339 e. The second-order valence-corrected chi connectivity index (χ2v) is 11.4. The number of nitrogens with zero attached hydrogens (tertiary/aromatic N) is 2. The second kappa shape index (κ2) is 12.9. The van der Waals surface area contributed by atoms with Crippen molar-refractivity contribution < 1.29 is 13.2 Å². The first-order valence-electron chi connectivity index (χ1n) is 12.2. The lowest BCUT2D eigenvalue weighted by Crippen LogP contribution is -2.25. The fourth-order valence-corrected chi connectivity index (χ4v) is 4.04. The van der Waals surface area contributed by atoms with E-state index in [9.17, 15) is 8.78 Å². The first kappa shape index (κ1) is 30.5. The Morgan fingerprint density at radius 2 is 1.60 bits per heavy atom. The van der Waals surface area contributed by atoms with Gasteiger partial charge < -0.3 is 4.90 Å². The highest BCUT2D eigenvalue weighted by atomic mass is 19.2. The predicted molar refractivity (Wildman–Crippen MR) is 145 cm³/mol. The van der Waals surface area contributed by atoms with Crippen LogP contribution in [-0.4, -0.2) is 13.3 Å². The summed E-state index contributed by atoms with van der Waals surface area (Å²) >= 11 is 0. The molecule has 0 aliphatic carbocycles. The number of anilines is 1. The topological polar surface area (TPSA) is 15.6 Å². The molecule has 1 aromatic rings. The highest BCUT2D eigenvalue weighted by Gasteiger charge is 2.28. The van der Waals surface area contributed by atoms with Gasteiger partial charge in [0.1, 0.15) is 0 Å². The van der Waals surface area contributed by atoms with Crippen LogP contribution >= 0.6 is 0 Å². The van der Waals surface area contributed by atoms with E-state index >= 15 is 4.39 Å². The molecule has 5 heteroatoms. The van der Waals surface area contributed by atoms with Crippen molar-refractivity contribution >= 4 is 12.4 Å². The number of aliphatic imine (C=N–C) groups is 1. The van der Waals surface area contributed by atoms with Gasteiger partial charge in [0.05, 0.1) is 11.4 Å². The Bertz CT molecular complexity index is 957. The predicted octanol–water partition coefficient (Wildman–Crippen LogP) is 9.41. The fourth-order valence-electron chi connectivity index (χ4n) is 4.04. The van der Waals surface area contributed by atoms with E-state index in [1.165, 1.54) is 6.07 Å². The molecule has 0 aliphatic heterocycles. The molecule has 35 heavy (non-hydrogen) atoms. The molecule has 0 radical (unpaired) electrons. The number of hydrogen-bond donors (Lipinski definition) is 0. The number of rotatable bonds is 11. The normalized spacial score (nSPS) is 13.6. The summed E-state index contributed by atoms with van der Waals surface area (Å²) in [4.78, 5) is 5.94. The van der Waals surface area contributed by atoms with E-state index in [1.807, 2.05) is 32.1 Å². The number of halogens is 3. The van der Waals surface area contributed by atoms with Gasteiger partial charge in [-0.1, -0.05) is 78.8 Å². The minimum atomic E-state index is -1.50. The van der Waals surface area contributed by atoms with E-state index in [1.54, 1.807) is 11.1 Å². The van der Waals surface area contributed by atoms with Crippen LogP contribution < -0.4 is 4.90 Å². The average molecular weight is 489 g/mol. The van der Waals surface area contributed by atoms with Crippen molar-refractivity contribution in [3.63, 3.8) is 0 Å². The molecule has 0 unspecified atom stereocenters. The molecule has 0 aromatic heterocycles. The number of benzene rings is 1. The molecule has 0 spiro atoms. The van der Waals surface area contributed by atoms with Crippen LogP contribution in [0.3, 0.4) is 0 Å². The highest BCUT2D eigenvalue weighted by molar-refractivity contribution is 5.55. The smallest absolute Gasteiger partial charge is 0.196 e. The van der Waals surface area contributed by atoms with Gasteiger partial charge in [-0.05, 0) is 61.4 Å². The molecule has 0 bridgehead atoms. The van der Waals surface area contributed by atoms with Crippen LogP contribution in [0.2, 0.25) is 0 Å². The van der Waals surface area contributed by atoms with Crippen molar-refractivity contribution in [3.8, 4) is 0 Å². The molecule has 0 heterocycles. The Morgan fingerprint density at radius 1 is 1.03 bits per heavy atom. The molecule has 194 valence electrons. The zero-order chi connectivity index (χ0) is 27.0. The van der Waals surface area contributed by atoms with Crippen LogP contribution in [0, 0.1) is 34.2 Å². The zero-order valence-corrected chi connectivity index (χ0v) is 22.8. The van der Waals surface area contributed by atoms with Gasteiger partial charge in [-0.25, -0.2) is 13.2 Å². The van der Waals surface area contributed by atoms with Gasteiger partial charge >= 0.3 is 0 Å². The maximum absolute atomic E-state index is 15.0. The standard InChI is InChI=1S/C30H43F3N2/c1-11-13-14-22(21(3)12-2)19-35(26-16-15-24(31)27(32)28(26)33)20-25(34-10)23(17-29(4,5)6)18-30(7,8)9/h11,13-16,20,23H,3,10,12,17-19H2,1-2,4-9H3/b13-11-,22-14-,25-20-. The minimum absolute atomic E-state index is 0.0191. The summed E-state index contributed by atoms with van der Waals surface area (Å²) in [6, 6.07) is 2.21. The van der Waals surface area contributed by atoms with Crippen molar-refractivity contribution in [3.05, 3.63) is 77.4 Å². The second-order valence-electron chi connectivity index (χ2n) is 11.4. The molecular weight excluding hydrogens is 445 g/mol. The summed E-state index contributed by atoms with van der Waals surface area (Å²) in [7, 11) is 0. The fraction of sp³-hybridized carbons (Fsp3) is 0.500. The van der Waals surface area contributed by atoms with Gasteiger partial charge in [-0.2, -0.15) is 0 Å². The van der Waals surface area contributed by atoms with Gasteiger partial charge in [0.15, 0.2) is 17.5 Å². The van der Waals surface area contributed by atoms with Gasteiger partial charge in [0, 0.05) is 18.7 Å². The molecule has 1 rings (SSSR count). The van der Waals surface area contributed by atoms with Gasteiger partial charge in [0.2, 0.25) is 0 Å². The molecular formula is C30H43F3N2. The molecule has 0 saturated carbocycles. The molecule has 0 amide bonds. The SMILES string of the molecule is C=N/C(=C\N(C/C(=C/C=C\C)C(=C)CC)c1ccc(F)c(F)c1F)C(CC(C)(C)C)CC(C)(C)C. The van der Waals surface area contributed by atoms with Gasteiger partial charge in [-0.3, -0.25) is 4.99 Å². The highest BCUT2D eigenvalue weighted by Crippen LogP contribution is 2.38. The van der Waals surface area contributed by atoms with Crippen molar-refractivity contribution in [2.45, 2.75) is 74.7 Å². The summed E-state index contributed by atoms with van der Waals surface area (Å²) < 4.78 is 43.0. The minimum Gasteiger partial charge on any atom is -0.339 e. The molecule has 1 aromatic carbocycles. The lowest BCUT2D eigenvalue weighted by atomic mass is 9.75. The Kier molecular flexibility index (Phi) is 11.3. The Hall–Kier alpha value is -2.56. The van der Waals surface area contributed by atoms with Crippen LogP contribution in [0.4, 0.5) is 18.9 Å². The molecule has 0 fully saturated rings. The van der Waals surface area contributed by atoms with Crippen LogP contribution in [-0.2, 0) is 0 Å². The van der Waals surface area contributed by atoms with Crippen LogP contribution in [0.25, 0.3) is 0 Å². The first-order valence-corrected chi connectivity index (χ1v) is 12.2. The number of hydrogen-bond acceptors (Lipinski definition) is 2. The van der Waals surface area contributed by atoms with Crippen LogP contribution in [0.1, 0.15) is 74.7 Å². The maximum atomic E-state index is 15.0. The van der Waals surface area contributed by atoms with Gasteiger partial charge in [0.25, 0.3) is 0 Å². The van der Waals surface area contributed by atoms with Crippen LogP contribution in [0.5, 0.6) is 0 Å². The van der Waals surface area contributed by atoms with E-state index < -0.39 is 17.5 Å². The number of allylic oxidation sites excluding steroid dienone is 4. The third-order valence-corrected chi connectivity index (χ3v) is 5.64. The Morgan fingerprint density at radius 3 is 2.06 bits per heavy atom. The summed E-state index contributed by atoms with van der Waals surface area (Å²) in [6.45, 7) is 25.1. The first-order chi connectivity index (χ1) is 16.1. The molecule has 0 saturated heterocycles. The van der Waals surface area contributed by atoms with E-state index in [0.717, 1.165) is 30.1 Å². The van der Waals surface area contributed by atoms with E-state index in [2.05, 4.69) is 59.8 Å². The lowest BCUT2D eigenvalue weighted by Gasteiger charge is -2.33. The monoisotopic (exact) mass is 488 g/mol. The molecule has 0 atom stereocenters. The third-order valence-electron chi connectivity index (χ3n) is 5.64. The Labute approximate surface area is 211 Å².